The molecule has 232 valence electrons. The number of benzene rings is 2. The lowest BCUT2D eigenvalue weighted by Crippen LogP contribution is -2.36. The minimum absolute atomic E-state index is 0.0426. The van der Waals surface area contributed by atoms with Crippen LogP contribution < -0.4 is 10.2 Å². The molecule has 1 aliphatic heterocycles. The summed E-state index contributed by atoms with van der Waals surface area (Å²) in [5.41, 5.74) is 0.507. The Morgan fingerprint density at radius 2 is 1.70 bits per heavy atom. The van der Waals surface area contributed by atoms with Gasteiger partial charge in [0.2, 0.25) is 11.2 Å². The van der Waals surface area contributed by atoms with Gasteiger partial charge in [-0.3, -0.25) is 14.5 Å². The van der Waals surface area contributed by atoms with Crippen LogP contribution in [0.1, 0.15) is 60.1 Å². The van der Waals surface area contributed by atoms with Crippen molar-refractivity contribution >= 4 is 5.91 Å². The maximum Gasteiger partial charge on any atom is 0.434 e. The van der Waals surface area contributed by atoms with Gasteiger partial charge in [-0.2, -0.15) is 18.3 Å². The molecule has 11 heteroatoms. The Kier molecular flexibility index (Phi) is 8.96. The molecule has 1 saturated heterocycles. The molecule has 4 aromatic rings. The zero-order valence-corrected chi connectivity index (χ0v) is 24.9. The highest BCUT2D eigenvalue weighted by Crippen LogP contribution is 2.34. The fraction of sp³-hybridized carbons (Fsp3) is 0.364. The van der Waals surface area contributed by atoms with Gasteiger partial charge in [0.1, 0.15) is 18.6 Å². The van der Waals surface area contributed by atoms with Gasteiger partial charge in [0.05, 0.1) is 24.0 Å². The van der Waals surface area contributed by atoms with E-state index in [2.05, 4.69) is 25.9 Å². The second-order valence-electron chi connectivity index (χ2n) is 11.9. The average Bonchev–Trinajstić information content (AvgIpc) is 3.32. The largest absolute Gasteiger partial charge is 0.482 e. The Bertz CT molecular complexity index is 1640. The number of hydrogen-bond donors (Lipinski definition) is 0. The number of rotatable bonds is 7. The van der Waals surface area contributed by atoms with Crippen molar-refractivity contribution < 1.29 is 27.1 Å². The van der Waals surface area contributed by atoms with Gasteiger partial charge in [0.15, 0.2) is 5.69 Å². The van der Waals surface area contributed by atoms with Gasteiger partial charge in [-0.15, -0.1) is 0 Å². The van der Waals surface area contributed by atoms with Crippen molar-refractivity contribution in [3.8, 4) is 11.4 Å². The number of nitrogens with zero attached hydrogens (tertiary/aromatic N) is 4. The summed E-state index contributed by atoms with van der Waals surface area (Å²) in [5, 5.41) is 3.91. The third-order valence-electron chi connectivity index (χ3n) is 7.59. The monoisotopic (exact) mass is 608 g/mol. The molecule has 1 amide bonds. The normalized spacial score (nSPS) is 14.8. The van der Waals surface area contributed by atoms with Crippen molar-refractivity contribution in [3.05, 3.63) is 111 Å². The molecule has 0 unspecified atom stereocenters. The highest BCUT2D eigenvalue weighted by molar-refractivity contribution is 5.95. The molecule has 8 nitrogen and oxygen atoms in total. The molecular weight excluding hydrogens is 573 g/mol. The van der Waals surface area contributed by atoms with E-state index < -0.39 is 23.3 Å². The highest BCUT2D eigenvalue weighted by Gasteiger charge is 2.41. The summed E-state index contributed by atoms with van der Waals surface area (Å²) < 4.78 is 54.5. The van der Waals surface area contributed by atoms with Crippen LogP contribution >= 0.6 is 0 Å². The van der Waals surface area contributed by atoms with Gasteiger partial charge in [-0.1, -0.05) is 63.2 Å². The Morgan fingerprint density at radius 3 is 2.36 bits per heavy atom. The molecule has 0 spiro atoms. The van der Waals surface area contributed by atoms with E-state index in [4.69, 9.17) is 9.15 Å². The van der Waals surface area contributed by atoms with E-state index in [0.717, 1.165) is 16.4 Å². The van der Waals surface area contributed by atoms with Crippen LogP contribution in [0.2, 0.25) is 0 Å². The molecule has 0 saturated carbocycles. The Hall–Kier alpha value is -4.38. The topological polar surface area (TPSA) is 80.8 Å². The fourth-order valence-electron chi connectivity index (χ4n) is 5.15. The number of aromatic nitrogens is 2. The number of amides is 1. The van der Waals surface area contributed by atoms with Gasteiger partial charge in [0, 0.05) is 32.2 Å². The number of carbonyl (C=O) groups excluding carboxylic acids is 1. The van der Waals surface area contributed by atoms with Crippen LogP contribution in [-0.4, -0.2) is 51.7 Å². The highest BCUT2D eigenvalue weighted by atomic mass is 19.4. The van der Waals surface area contributed by atoms with E-state index in [-0.39, 0.29) is 42.0 Å². The maximum atomic E-state index is 14.1. The SMILES string of the molecule is CC(C)(C)c1ccc(COc2coc(CN3CCCN(C(=O)c4cnn(-c5ccccc5)c4C(F)(F)F)CC3)cc2=O)cc1. The molecule has 0 atom stereocenters. The third kappa shape index (κ3) is 7.21. The summed E-state index contributed by atoms with van der Waals surface area (Å²) in [7, 11) is 0. The molecule has 5 rings (SSSR count). The van der Waals surface area contributed by atoms with Crippen LogP contribution in [0.4, 0.5) is 13.2 Å². The van der Waals surface area contributed by atoms with Gasteiger partial charge < -0.3 is 14.1 Å². The fourth-order valence-corrected chi connectivity index (χ4v) is 5.15. The lowest BCUT2D eigenvalue weighted by molar-refractivity contribution is -0.143. The van der Waals surface area contributed by atoms with Crippen LogP contribution in [0.25, 0.3) is 5.69 Å². The molecule has 0 aliphatic carbocycles. The molecule has 0 radical (unpaired) electrons. The summed E-state index contributed by atoms with van der Waals surface area (Å²) >= 11 is 0. The molecule has 0 bridgehead atoms. The van der Waals surface area contributed by atoms with Gasteiger partial charge >= 0.3 is 6.18 Å². The van der Waals surface area contributed by atoms with Gasteiger partial charge in [-0.05, 0) is 35.1 Å². The Labute approximate surface area is 253 Å². The van der Waals surface area contributed by atoms with Crippen LogP contribution in [0.5, 0.6) is 5.75 Å². The summed E-state index contributed by atoms with van der Waals surface area (Å²) in [6.45, 7) is 8.44. The second kappa shape index (κ2) is 12.7. The van der Waals surface area contributed by atoms with Gasteiger partial charge in [-0.25, -0.2) is 4.68 Å². The van der Waals surface area contributed by atoms with Crippen molar-refractivity contribution in [1.82, 2.24) is 19.6 Å². The van der Waals surface area contributed by atoms with Gasteiger partial charge in [0.25, 0.3) is 5.91 Å². The molecular formula is C33H35F3N4O4. The maximum absolute atomic E-state index is 14.1. The second-order valence-corrected chi connectivity index (χ2v) is 11.9. The van der Waals surface area contributed by atoms with Crippen molar-refractivity contribution in [3.63, 3.8) is 0 Å². The molecule has 2 aromatic heterocycles. The van der Waals surface area contributed by atoms with Crippen LogP contribution in [0.3, 0.4) is 0 Å². The number of hydrogen-bond acceptors (Lipinski definition) is 6. The van der Waals surface area contributed by atoms with E-state index in [1.54, 1.807) is 18.2 Å². The number of alkyl halides is 3. The summed E-state index contributed by atoms with van der Waals surface area (Å²) in [5.74, 6) is -0.180. The minimum atomic E-state index is -4.78. The molecule has 0 N–H and O–H groups in total. The Balaban J connectivity index is 1.20. The number of halogens is 3. The first-order chi connectivity index (χ1) is 20.9. The smallest absolute Gasteiger partial charge is 0.434 e. The number of ether oxygens (including phenoxy) is 1. The molecule has 44 heavy (non-hydrogen) atoms. The first-order valence-electron chi connectivity index (χ1n) is 14.5. The molecule has 1 fully saturated rings. The predicted octanol–water partition coefficient (Wildman–Crippen LogP) is 6.07. The quantitative estimate of drug-likeness (QED) is 0.254. The summed E-state index contributed by atoms with van der Waals surface area (Å²) in [6, 6.07) is 17.4. The average molecular weight is 609 g/mol. The predicted molar refractivity (Wildman–Crippen MR) is 159 cm³/mol. The molecule has 3 heterocycles. The number of para-hydroxylation sites is 1. The first kappa shape index (κ1) is 31.1. The van der Waals surface area contributed by atoms with Crippen molar-refractivity contribution in [2.45, 2.75) is 51.9 Å². The van der Waals surface area contributed by atoms with Crippen molar-refractivity contribution in [1.29, 1.82) is 0 Å². The zero-order valence-electron chi connectivity index (χ0n) is 24.9. The standard InChI is InChI=1S/C33H35F3N4O4/c1-32(2,3)24-12-10-23(11-13-24)21-44-29-22-43-26(18-28(29)41)20-38-14-7-15-39(17-16-38)31(42)27-19-37-40(30(27)33(34,35)36)25-8-5-4-6-9-25/h4-6,8-13,18-19,22H,7,14-17,20-21H2,1-3H3. The van der Waals surface area contributed by atoms with E-state index in [9.17, 15) is 22.8 Å². The van der Waals surface area contributed by atoms with Crippen molar-refractivity contribution in [2.24, 2.45) is 0 Å². The number of carbonyl (C=O) groups is 1. The first-order valence-corrected chi connectivity index (χ1v) is 14.5. The lowest BCUT2D eigenvalue weighted by atomic mass is 9.87. The van der Waals surface area contributed by atoms with E-state index in [1.165, 1.54) is 34.9 Å². The summed E-state index contributed by atoms with van der Waals surface area (Å²) in [4.78, 5) is 29.5. The molecule has 1 aliphatic rings. The molecule has 2 aromatic carbocycles. The minimum Gasteiger partial charge on any atom is -0.482 e. The van der Waals surface area contributed by atoms with E-state index >= 15 is 0 Å². The van der Waals surface area contributed by atoms with E-state index in [1.807, 2.05) is 29.2 Å². The lowest BCUT2D eigenvalue weighted by Gasteiger charge is -2.22. The third-order valence-corrected chi connectivity index (χ3v) is 7.59. The zero-order chi connectivity index (χ0) is 31.5. The Morgan fingerprint density at radius 1 is 0.977 bits per heavy atom. The van der Waals surface area contributed by atoms with Crippen molar-refractivity contribution in [2.75, 3.05) is 26.2 Å². The summed E-state index contributed by atoms with van der Waals surface area (Å²) in [6.07, 6.45) is -1.95. The van der Waals surface area contributed by atoms with Crippen LogP contribution in [0, 0.1) is 0 Å². The van der Waals surface area contributed by atoms with Crippen LogP contribution in [0.15, 0.2) is 82.3 Å². The van der Waals surface area contributed by atoms with Crippen LogP contribution in [-0.2, 0) is 24.7 Å². The van der Waals surface area contributed by atoms with E-state index in [0.29, 0.717) is 31.8 Å².